The second-order valence-electron chi connectivity index (χ2n) is 9.72. The molecule has 1 heterocycles. The van der Waals surface area contributed by atoms with E-state index in [2.05, 4.69) is 10.6 Å². The van der Waals surface area contributed by atoms with Crippen molar-refractivity contribution in [3.8, 4) is 0 Å². The Hall–Kier alpha value is -4.95. The van der Waals surface area contributed by atoms with Crippen LogP contribution in [-0.2, 0) is 4.79 Å². The summed E-state index contributed by atoms with van der Waals surface area (Å²) in [5.41, 5.74) is 3.88. The molecule has 7 nitrogen and oxygen atoms in total. The van der Waals surface area contributed by atoms with E-state index in [1.54, 1.807) is 78.5 Å². The topological polar surface area (TPSA) is 95.6 Å². The number of amides is 4. The van der Waals surface area contributed by atoms with Gasteiger partial charge in [0.25, 0.3) is 23.6 Å². The first kappa shape index (κ1) is 28.6. The molecule has 4 amide bonds. The third-order valence-corrected chi connectivity index (χ3v) is 7.90. The van der Waals surface area contributed by atoms with E-state index >= 15 is 0 Å². The second-order valence-corrected chi connectivity index (χ2v) is 10.9. The number of rotatable bonds is 10. The molecular formula is C34H29N3O4S. The lowest BCUT2D eigenvalue weighted by Crippen LogP contribution is -2.31. The largest absolute Gasteiger partial charge is 0.321 e. The molecule has 42 heavy (non-hydrogen) atoms. The zero-order valence-electron chi connectivity index (χ0n) is 23.0. The Morgan fingerprint density at radius 1 is 0.786 bits per heavy atom. The summed E-state index contributed by atoms with van der Waals surface area (Å²) in [6.45, 7) is 2.30. The number of thioether (sulfide) groups is 1. The van der Waals surface area contributed by atoms with Gasteiger partial charge in [-0.2, -0.15) is 0 Å². The third-order valence-electron chi connectivity index (χ3n) is 6.80. The molecule has 0 aliphatic carbocycles. The normalized spacial score (nSPS) is 12.7. The highest BCUT2D eigenvalue weighted by Gasteiger charge is 2.34. The van der Waals surface area contributed by atoms with E-state index in [9.17, 15) is 19.2 Å². The number of carbonyl (C=O) groups excluding carboxylic acids is 4. The average molecular weight is 576 g/mol. The molecule has 1 aliphatic heterocycles. The van der Waals surface area contributed by atoms with Gasteiger partial charge in [-0.25, -0.2) is 0 Å². The van der Waals surface area contributed by atoms with Crippen LogP contribution < -0.4 is 10.6 Å². The van der Waals surface area contributed by atoms with E-state index in [1.165, 1.54) is 4.90 Å². The third kappa shape index (κ3) is 6.67. The average Bonchev–Trinajstić information content (AvgIpc) is 3.26. The zero-order chi connectivity index (χ0) is 29.5. The maximum atomic E-state index is 13.3. The molecule has 5 rings (SSSR count). The smallest absolute Gasteiger partial charge is 0.272 e. The number of nitrogens with zero attached hydrogens (tertiary/aromatic N) is 1. The Labute approximate surface area is 248 Å². The molecule has 2 N–H and O–H groups in total. The summed E-state index contributed by atoms with van der Waals surface area (Å²) < 4.78 is 0. The van der Waals surface area contributed by atoms with Gasteiger partial charge in [-0.3, -0.25) is 24.1 Å². The van der Waals surface area contributed by atoms with Gasteiger partial charge in [-0.15, -0.1) is 11.8 Å². The van der Waals surface area contributed by atoms with Crippen LogP contribution >= 0.6 is 11.8 Å². The van der Waals surface area contributed by atoms with E-state index in [1.807, 2.05) is 49.4 Å². The van der Waals surface area contributed by atoms with Gasteiger partial charge < -0.3 is 10.6 Å². The van der Waals surface area contributed by atoms with Gasteiger partial charge in [0.15, 0.2) is 0 Å². The quantitative estimate of drug-likeness (QED) is 0.102. The maximum absolute atomic E-state index is 13.3. The summed E-state index contributed by atoms with van der Waals surface area (Å²) in [6, 6.07) is 30.6. The number of aryl methyl sites for hydroxylation is 1. The van der Waals surface area contributed by atoms with Crippen molar-refractivity contribution < 1.29 is 19.2 Å². The molecule has 0 radical (unpaired) electrons. The van der Waals surface area contributed by atoms with E-state index in [4.69, 9.17) is 0 Å². The van der Waals surface area contributed by atoms with Crippen molar-refractivity contribution in [1.82, 2.24) is 10.2 Å². The van der Waals surface area contributed by atoms with Crippen LogP contribution in [0.2, 0.25) is 0 Å². The summed E-state index contributed by atoms with van der Waals surface area (Å²) in [7, 11) is 0. The molecule has 0 spiro atoms. The number of benzene rings is 4. The van der Waals surface area contributed by atoms with Gasteiger partial charge in [0, 0.05) is 22.7 Å². The minimum absolute atomic E-state index is 0.129. The Morgan fingerprint density at radius 2 is 1.40 bits per heavy atom. The highest BCUT2D eigenvalue weighted by molar-refractivity contribution is 7.99. The fraction of sp³-hybridized carbons (Fsp3) is 0.118. The fourth-order valence-electron chi connectivity index (χ4n) is 4.53. The van der Waals surface area contributed by atoms with Gasteiger partial charge in [-0.05, 0) is 84.8 Å². The van der Waals surface area contributed by atoms with Gasteiger partial charge in [0.2, 0.25) is 0 Å². The standard InChI is InChI=1S/C34H29N3O4S/c1-23-10-5-6-13-25(23)22-30(36-31(38)24-11-3-2-4-12-24)32(39)35-26-16-18-27(19-17-26)42-21-9-20-37-33(40)28-14-7-8-15-29(28)34(37)41/h2-8,10-19,22H,9,20-21H2,1H3,(H,35,39)(H,36,38)/b30-22-. The van der Waals surface area contributed by atoms with Gasteiger partial charge in [0.1, 0.15) is 5.70 Å². The van der Waals surface area contributed by atoms with Crippen molar-refractivity contribution in [2.45, 2.75) is 18.2 Å². The predicted octanol–water partition coefficient (Wildman–Crippen LogP) is 6.18. The monoisotopic (exact) mass is 575 g/mol. The van der Waals surface area contributed by atoms with E-state index in [-0.39, 0.29) is 23.4 Å². The molecule has 4 aromatic carbocycles. The predicted molar refractivity (Wildman–Crippen MR) is 165 cm³/mol. The van der Waals surface area contributed by atoms with Crippen LogP contribution in [-0.4, -0.2) is 40.8 Å². The number of anilines is 1. The molecule has 8 heteroatoms. The molecule has 0 bridgehead atoms. The van der Waals surface area contributed by atoms with Gasteiger partial charge in [0.05, 0.1) is 11.1 Å². The second kappa shape index (κ2) is 13.1. The van der Waals surface area contributed by atoms with Crippen LogP contribution in [0.25, 0.3) is 6.08 Å². The van der Waals surface area contributed by atoms with Crippen LogP contribution in [0.5, 0.6) is 0 Å². The first-order valence-corrected chi connectivity index (χ1v) is 14.5. The van der Waals surface area contributed by atoms with Crippen LogP contribution in [0.15, 0.2) is 114 Å². The molecule has 210 valence electrons. The van der Waals surface area contributed by atoms with Crippen molar-refractivity contribution >= 4 is 47.2 Å². The lowest BCUT2D eigenvalue weighted by Gasteiger charge is -2.13. The molecule has 0 atom stereocenters. The van der Waals surface area contributed by atoms with E-state index in [0.29, 0.717) is 41.1 Å². The summed E-state index contributed by atoms with van der Waals surface area (Å²) in [5.74, 6) is -0.580. The van der Waals surface area contributed by atoms with Crippen molar-refractivity contribution in [1.29, 1.82) is 0 Å². The van der Waals surface area contributed by atoms with Gasteiger partial charge >= 0.3 is 0 Å². The van der Waals surface area contributed by atoms with Crippen molar-refractivity contribution in [3.63, 3.8) is 0 Å². The number of fused-ring (bicyclic) bond motifs is 1. The lowest BCUT2D eigenvalue weighted by molar-refractivity contribution is -0.113. The molecule has 0 saturated heterocycles. The minimum atomic E-state index is -0.441. The van der Waals surface area contributed by atoms with Crippen LogP contribution in [0.1, 0.15) is 48.6 Å². The molecule has 0 aromatic heterocycles. The molecule has 0 saturated carbocycles. The minimum Gasteiger partial charge on any atom is -0.321 e. The molecule has 0 unspecified atom stereocenters. The number of imide groups is 1. The first-order chi connectivity index (χ1) is 20.4. The van der Waals surface area contributed by atoms with Crippen LogP contribution in [0, 0.1) is 6.92 Å². The summed E-state index contributed by atoms with van der Waals surface area (Å²) in [6.07, 6.45) is 2.33. The number of hydrogen-bond donors (Lipinski definition) is 2. The fourth-order valence-corrected chi connectivity index (χ4v) is 5.37. The molecule has 4 aromatic rings. The zero-order valence-corrected chi connectivity index (χ0v) is 23.8. The highest BCUT2D eigenvalue weighted by Crippen LogP contribution is 2.25. The van der Waals surface area contributed by atoms with E-state index < -0.39 is 5.91 Å². The van der Waals surface area contributed by atoms with E-state index in [0.717, 1.165) is 16.0 Å². The summed E-state index contributed by atoms with van der Waals surface area (Å²) >= 11 is 1.60. The first-order valence-electron chi connectivity index (χ1n) is 13.5. The number of hydrogen-bond acceptors (Lipinski definition) is 5. The van der Waals surface area contributed by atoms with Crippen LogP contribution in [0.4, 0.5) is 5.69 Å². The Balaban J connectivity index is 1.18. The number of carbonyl (C=O) groups is 4. The Morgan fingerprint density at radius 3 is 2.07 bits per heavy atom. The molecule has 0 fully saturated rings. The summed E-state index contributed by atoms with van der Waals surface area (Å²) in [5, 5.41) is 5.64. The lowest BCUT2D eigenvalue weighted by atomic mass is 10.1. The number of nitrogens with one attached hydrogen (secondary N) is 2. The summed E-state index contributed by atoms with van der Waals surface area (Å²) in [4.78, 5) is 53.5. The maximum Gasteiger partial charge on any atom is 0.272 e. The van der Waals surface area contributed by atoms with Crippen molar-refractivity contribution in [2.75, 3.05) is 17.6 Å². The molecule has 1 aliphatic rings. The Bertz CT molecular complexity index is 1630. The Kier molecular flexibility index (Phi) is 8.94. The SMILES string of the molecule is Cc1ccccc1/C=C(\NC(=O)c1ccccc1)C(=O)Nc1ccc(SCCCN2C(=O)c3ccccc3C2=O)cc1. The highest BCUT2D eigenvalue weighted by atomic mass is 32.2. The van der Waals surface area contributed by atoms with Crippen molar-refractivity contribution in [3.05, 3.63) is 137 Å². The van der Waals surface area contributed by atoms with Crippen LogP contribution in [0.3, 0.4) is 0 Å². The van der Waals surface area contributed by atoms with Crippen molar-refractivity contribution in [2.24, 2.45) is 0 Å². The molecular weight excluding hydrogens is 546 g/mol. The van der Waals surface area contributed by atoms with Gasteiger partial charge in [-0.1, -0.05) is 54.6 Å².